The molecule has 114 valence electrons. The summed E-state index contributed by atoms with van der Waals surface area (Å²) in [5, 5.41) is 3.40. The van der Waals surface area contributed by atoms with Gasteiger partial charge in [-0.05, 0) is 50.9 Å². The zero-order valence-corrected chi connectivity index (χ0v) is 12.6. The number of hydrogen-bond acceptors (Lipinski definition) is 2. The third-order valence-electron chi connectivity index (χ3n) is 5.34. The molecular formula is C16H29N3O. The van der Waals surface area contributed by atoms with Crippen molar-refractivity contribution < 1.29 is 4.74 Å². The van der Waals surface area contributed by atoms with Gasteiger partial charge in [-0.3, -0.25) is 4.99 Å². The zero-order chi connectivity index (χ0) is 13.8. The molecule has 4 heteroatoms. The van der Waals surface area contributed by atoms with Crippen molar-refractivity contribution in [1.82, 2.24) is 5.32 Å². The first-order valence-corrected chi connectivity index (χ1v) is 8.46. The van der Waals surface area contributed by atoms with Crippen LogP contribution in [0.15, 0.2) is 4.99 Å². The Morgan fingerprint density at radius 1 is 1.15 bits per heavy atom. The van der Waals surface area contributed by atoms with Gasteiger partial charge >= 0.3 is 0 Å². The number of aliphatic imine (C=N–C) groups is 1. The first-order valence-electron chi connectivity index (χ1n) is 8.46. The number of hydrogen-bond donors (Lipinski definition) is 2. The van der Waals surface area contributed by atoms with E-state index in [1.807, 2.05) is 0 Å². The lowest BCUT2D eigenvalue weighted by atomic mass is 9.72. The van der Waals surface area contributed by atoms with E-state index in [9.17, 15) is 0 Å². The molecule has 2 aliphatic carbocycles. The highest BCUT2D eigenvalue weighted by Crippen LogP contribution is 2.44. The Morgan fingerprint density at radius 3 is 2.65 bits per heavy atom. The smallest absolute Gasteiger partial charge is 0.188 e. The number of nitrogens with zero attached hydrogens (tertiary/aromatic N) is 1. The van der Waals surface area contributed by atoms with Gasteiger partial charge in [-0.15, -0.1) is 0 Å². The molecule has 0 aromatic rings. The molecule has 2 saturated carbocycles. The summed E-state index contributed by atoms with van der Waals surface area (Å²) in [5.74, 6) is 1.32. The molecule has 0 aromatic carbocycles. The minimum absolute atomic E-state index is 0.226. The highest BCUT2D eigenvalue weighted by Gasteiger charge is 2.42. The second-order valence-electron chi connectivity index (χ2n) is 6.95. The topological polar surface area (TPSA) is 59.6 Å². The fourth-order valence-corrected chi connectivity index (χ4v) is 3.93. The van der Waals surface area contributed by atoms with Gasteiger partial charge in [0.2, 0.25) is 0 Å². The van der Waals surface area contributed by atoms with Gasteiger partial charge in [-0.1, -0.05) is 19.3 Å². The van der Waals surface area contributed by atoms with Crippen molar-refractivity contribution in [3.05, 3.63) is 0 Å². The molecule has 1 unspecified atom stereocenters. The van der Waals surface area contributed by atoms with Crippen molar-refractivity contribution in [3.8, 4) is 0 Å². The van der Waals surface area contributed by atoms with Crippen LogP contribution in [-0.2, 0) is 4.74 Å². The van der Waals surface area contributed by atoms with E-state index < -0.39 is 0 Å². The molecular weight excluding hydrogens is 250 g/mol. The SMILES string of the molecule is NC(=NCC1CCOC2(CCC2)C1)NC1CCCCC1. The minimum atomic E-state index is 0.226. The number of nitrogens with two attached hydrogens (primary N) is 1. The third-order valence-corrected chi connectivity index (χ3v) is 5.34. The molecule has 3 aliphatic rings. The van der Waals surface area contributed by atoms with Gasteiger partial charge in [0.1, 0.15) is 0 Å². The van der Waals surface area contributed by atoms with Crippen LogP contribution in [0.25, 0.3) is 0 Å². The number of rotatable bonds is 3. The highest BCUT2D eigenvalue weighted by atomic mass is 16.5. The molecule has 0 radical (unpaired) electrons. The van der Waals surface area contributed by atoms with Crippen LogP contribution < -0.4 is 11.1 Å². The Balaban J connectivity index is 1.43. The van der Waals surface area contributed by atoms with Crippen LogP contribution in [0.2, 0.25) is 0 Å². The fraction of sp³-hybridized carbons (Fsp3) is 0.938. The van der Waals surface area contributed by atoms with Crippen molar-refractivity contribution in [3.63, 3.8) is 0 Å². The normalized spacial score (nSPS) is 31.0. The molecule has 20 heavy (non-hydrogen) atoms. The molecule has 1 saturated heterocycles. The van der Waals surface area contributed by atoms with Crippen molar-refractivity contribution in [2.75, 3.05) is 13.2 Å². The number of ether oxygens (including phenoxy) is 1. The van der Waals surface area contributed by atoms with E-state index in [2.05, 4.69) is 10.3 Å². The Kier molecular flexibility index (Phi) is 4.49. The Morgan fingerprint density at radius 2 is 1.95 bits per heavy atom. The predicted molar refractivity (Wildman–Crippen MR) is 81.8 cm³/mol. The van der Waals surface area contributed by atoms with E-state index >= 15 is 0 Å². The summed E-state index contributed by atoms with van der Waals surface area (Å²) >= 11 is 0. The molecule has 0 bridgehead atoms. The summed E-state index contributed by atoms with van der Waals surface area (Å²) in [6.45, 7) is 1.78. The molecule has 1 spiro atoms. The molecule has 3 fully saturated rings. The zero-order valence-electron chi connectivity index (χ0n) is 12.6. The Labute approximate surface area is 122 Å². The minimum Gasteiger partial charge on any atom is -0.375 e. The van der Waals surface area contributed by atoms with E-state index in [4.69, 9.17) is 10.5 Å². The predicted octanol–water partition coefficient (Wildman–Crippen LogP) is 2.57. The summed E-state index contributed by atoms with van der Waals surface area (Å²) < 4.78 is 5.96. The molecule has 3 N–H and O–H groups in total. The fourth-order valence-electron chi connectivity index (χ4n) is 3.93. The van der Waals surface area contributed by atoms with Crippen molar-refractivity contribution >= 4 is 5.96 Å². The second kappa shape index (κ2) is 6.33. The molecule has 4 nitrogen and oxygen atoms in total. The first kappa shape index (κ1) is 14.2. The third kappa shape index (κ3) is 3.46. The average molecular weight is 279 g/mol. The van der Waals surface area contributed by atoms with Gasteiger partial charge in [-0.2, -0.15) is 0 Å². The maximum atomic E-state index is 6.04. The van der Waals surface area contributed by atoms with E-state index in [1.54, 1.807) is 0 Å². The number of guanidine groups is 1. The summed E-state index contributed by atoms with van der Waals surface area (Å²) in [5.41, 5.74) is 6.27. The van der Waals surface area contributed by atoms with Crippen LogP contribution in [-0.4, -0.2) is 30.8 Å². The van der Waals surface area contributed by atoms with Gasteiger partial charge in [-0.25, -0.2) is 0 Å². The Bertz CT molecular complexity index is 346. The summed E-state index contributed by atoms with van der Waals surface area (Å²) in [4.78, 5) is 4.59. The summed E-state index contributed by atoms with van der Waals surface area (Å²) in [7, 11) is 0. The van der Waals surface area contributed by atoms with E-state index in [0.29, 0.717) is 17.9 Å². The lowest BCUT2D eigenvalue weighted by molar-refractivity contribution is -0.141. The van der Waals surface area contributed by atoms with Crippen LogP contribution in [0.3, 0.4) is 0 Å². The Hall–Kier alpha value is -0.770. The van der Waals surface area contributed by atoms with Gasteiger partial charge < -0.3 is 15.8 Å². The maximum absolute atomic E-state index is 6.04. The van der Waals surface area contributed by atoms with Crippen molar-refractivity contribution in [2.24, 2.45) is 16.6 Å². The van der Waals surface area contributed by atoms with Crippen LogP contribution in [0.5, 0.6) is 0 Å². The summed E-state index contributed by atoms with van der Waals surface area (Å²) in [6.07, 6.45) is 12.7. The molecule has 1 atom stereocenters. The monoisotopic (exact) mass is 279 g/mol. The highest BCUT2D eigenvalue weighted by molar-refractivity contribution is 5.78. The molecule has 1 heterocycles. The van der Waals surface area contributed by atoms with E-state index in [0.717, 1.165) is 19.6 Å². The van der Waals surface area contributed by atoms with Gasteiger partial charge in [0.15, 0.2) is 5.96 Å². The van der Waals surface area contributed by atoms with E-state index in [-0.39, 0.29) is 5.60 Å². The maximum Gasteiger partial charge on any atom is 0.188 e. The number of nitrogens with one attached hydrogen (secondary N) is 1. The molecule has 0 aromatic heterocycles. The summed E-state index contributed by atoms with van der Waals surface area (Å²) in [6, 6.07) is 0.556. The van der Waals surface area contributed by atoms with Gasteiger partial charge in [0.25, 0.3) is 0 Å². The van der Waals surface area contributed by atoms with Crippen molar-refractivity contribution in [2.45, 2.75) is 75.9 Å². The average Bonchev–Trinajstić information content (AvgIpc) is 2.45. The second-order valence-corrected chi connectivity index (χ2v) is 6.95. The van der Waals surface area contributed by atoms with Crippen molar-refractivity contribution in [1.29, 1.82) is 0 Å². The van der Waals surface area contributed by atoms with Crippen LogP contribution in [0, 0.1) is 5.92 Å². The molecule has 1 aliphatic heterocycles. The quantitative estimate of drug-likeness (QED) is 0.616. The lowest BCUT2D eigenvalue weighted by Gasteiger charge is -2.47. The standard InChI is InChI=1S/C16H29N3O/c17-15(19-14-5-2-1-3-6-14)18-12-13-7-10-20-16(11-13)8-4-9-16/h13-14H,1-12H2,(H3,17,18,19). The largest absolute Gasteiger partial charge is 0.375 e. The van der Waals surface area contributed by atoms with Crippen LogP contribution in [0.1, 0.15) is 64.2 Å². The molecule has 3 rings (SSSR count). The van der Waals surface area contributed by atoms with Gasteiger partial charge in [0.05, 0.1) is 5.60 Å². The van der Waals surface area contributed by atoms with Crippen LogP contribution in [0.4, 0.5) is 0 Å². The first-order chi connectivity index (χ1) is 9.76. The van der Waals surface area contributed by atoms with E-state index in [1.165, 1.54) is 57.8 Å². The lowest BCUT2D eigenvalue weighted by Crippen LogP contribution is -2.46. The van der Waals surface area contributed by atoms with Gasteiger partial charge in [0, 0.05) is 19.2 Å². The van der Waals surface area contributed by atoms with Crippen LogP contribution >= 0.6 is 0 Å². The molecule has 0 amide bonds.